The van der Waals surface area contributed by atoms with Gasteiger partial charge in [-0.25, -0.2) is 4.79 Å². The molecule has 2 heteroatoms. The molecule has 90 valence electrons. The van der Waals surface area contributed by atoms with Crippen LogP contribution in [0.25, 0.3) is 0 Å². The fraction of sp³-hybridized carbons (Fsp3) is 0.500. The number of ether oxygens (including phenoxy) is 1. The van der Waals surface area contributed by atoms with Crippen molar-refractivity contribution in [3.8, 4) is 0 Å². The first-order valence-corrected chi connectivity index (χ1v) is 5.69. The van der Waals surface area contributed by atoms with Gasteiger partial charge in [0.15, 0.2) is 0 Å². The minimum Gasteiger partial charge on any atom is -0.466 e. The van der Waals surface area contributed by atoms with Gasteiger partial charge in [0.25, 0.3) is 0 Å². The highest BCUT2D eigenvalue weighted by Crippen LogP contribution is 2.00. The molecule has 0 N–H and O–H groups in total. The fourth-order valence-corrected chi connectivity index (χ4v) is 1.14. The van der Waals surface area contributed by atoms with Gasteiger partial charge in [-0.2, -0.15) is 0 Å². The molecular weight excluding hydrogens is 200 g/mol. The maximum atomic E-state index is 10.7. The van der Waals surface area contributed by atoms with Gasteiger partial charge in [0.05, 0.1) is 7.11 Å². The molecule has 0 amide bonds. The van der Waals surface area contributed by atoms with Crippen molar-refractivity contribution in [3.63, 3.8) is 0 Å². The third-order valence-electron chi connectivity index (χ3n) is 2.01. The first-order valence-electron chi connectivity index (χ1n) is 5.69. The predicted molar refractivity (Wildman–Crippen MR) is 68.2 cm³/mol. The van der Waals surface area contributed by atoms with Crippen LogP contribution in [0.4, 0.5) is 0 Å². The summed E-state index contributed by atoms with van der Waals surface area (Å²) in [5, 5.41) is 0. The van der Waals surface area contributed by atoms with E-state index in [0.29, 0.717) is 0 Å². The van der Waals surface area contributed by atoms with Crippen molar-refractivity contribution in [1.29, 1.82) is 0 Å². The van der Waals surface area contributed by atoms with E-state index in [1.807, 2.05) is 6.08 Å². The molecule has 0 rings (SSSR count). The molecule has 0 aliphatic rings. The molecule has 0 unspecified atom stereocenters. The number of carbonyl (C=O) groups is 1. The summed E-state index contributed by atoms with van der Waals surface area (Å²) < 4.78 is 4.48. The lowest BCUT2D eigenvalue weighted by Gasteiger charge is -1.91. The van der Waals surface area contributed by atoms with Crippen molar-refractivity contribution < 1.29 is 9.53 Å². The SMILES string of the molecule is COC(=O)/C=C/CC/C=C/CCC=C(C)C. The van der Waals surface area contributed by atoms with Crippen molar-refractivity contribution in [1.82, 2.24) is 0 Å². The van der Waals surface area contributed by atoms with Gasteiger partial charge in [-0.3, -0.25) is 0 Å². The summed E-state index contributed by atoms with van der Waals surface area (Å²) in [4.78, 5) is 10.7. The van der Waals surface area contributed by atoms with Crippen molar-refractivity contribution >= 4 is 5.97 Å². The Kier molecular flexibility index (Phi) is 9.38. The molecule has 16 heavy (non-hydrogen) atoms. The number of esters is 1. The van der Waals surface area contributed by atoms with Crippen LogP contribution in [-0.2, 0) is 9.53 Å². The van der Waals surface area contributed by atoms with E-state index in [2.05, 4.69) is 36.8 Å². The molecule has 0 aliphatic heterocycles. The minimum atomic E-state index is -0.285. The average molecular weight is 222 g/mol. The largest absolute Gasteiger partial charge is 0.466 e. The van der Waals surface area contributed by atoms with Crippen LogP contribution in [0.3, 0.4) is 0 Å². The summed E-state index contributed by atoms with van der Waals surface area (Å²) in [5.74, 6) is -0.285. The normalized spacial score (nSPS) is 10.9. The Balaban J connectivity index is 3.45. The number of allylic oxidation sites excluding steroid dienone is 5. The number of hydrogen-bond acceptors (Lipinski definition) is 2. The van der Waals surface area contributed by atoms with E-state index in [4.69, 9.17) is 0 Å². The van der Waals surface area contributed by atoms with E-state index < -0.39 is 0 Å². The maximum Gasteiger partial charge on any atom is 0.330 e. The van der Waals surface area contributed by atoms with E-state index in [1.165, 1.54) is 18.8 Å². The summed E-state index contributed by atoms with van der Waals surface area (Å²) in [5.41, 5.74) is 1.37. The number of unbranched alkanes of at least 4 members (excludes halogenated alkanes) is 2. The van der Waals surface area contributed by atoms with Crippen LogP contribution >= 0.6 is 0 Å². The lowest BCUT2D eigenvalue weighted by Crippen LogP contribution is -1.93. The summed E-state index contributed by atoms with van der Waals surface area (Å²) in [6.07, 6.45) is 13.9. The third kappa shape index (κ3) is 10.8. The van der Waals surface area contributed by atoms with E-state index in [1.54, 1.807) is 0 Å². The molecule has 0 atom stereocenters. The van der Waals surface area contributed by atoms with Crippen molar-refractivity contribution in [2.75, 3.05) is 7.11 Å². The molecule has 0 fully saturated rings. The number of carbonyl (C=O) groups excluding carboxylic acids is 1. The number of methoxy groups -OCH3 is 1. The molecular formula is C14H22O2. The standard InChI is InChI=1S/C14H22O2/c1-13(2)11-9-7-5-4-6-8-10-12-14(15)16-3/h4-5,10-12H,6-9H2,1-3H3/b5-4+,12-10+. The molecule has 0 aromatic heterocycles. The third-order valence-corrected chi connectivity index (χ3v) is 2.01. The average Bonchev–Trinajstić information content (AvgIpc) is 2.26. The first-order chi connectivity index (χ1) is 7.66. The van der Waals surface area contributed by atoms with Crippen LogP contribution in [0.1, 0.15) is 39.5 Å². The van der Waals surface area contributed by atoms with E-state index in [-0.39, 0.29) is 5.97 Å². The quantitative estimate of drug-likeness (QED) is 0.283. The van der Waals surface area contributed by atoms with Crippen LogP contribution in [-0.4, -0.2) is 13.1 Å². The molecule has 0 saturated carbocycles. The van der Waals surface area contributed by atoms with Crippen molar-refractivity contribution in [2.45, 2.75) is 39.5 Å². The Hall–Kier alpha value is -1.31. The zero-order chi connectivity index (χ0) is 12.2. The van der Waals surface area contributed by atoms with Crippen LogP contribution < -0.4 is 0 Å². The molecule has 2 nitrogen and oxygen atoms in total. The van der Waals surface area contributed by atoms with Gasteiger partial charge in [0.2, 0.25) is 0 Å². The summed E-state index contributed by atoms with van der Waals surface area (Å²) in [6, 6.07) is 0. The maximum absolute atomic E-state index is 10.7. The lowest BCUT2D eigenvalue weighted by molar-refractivity contribution is -0.134. The molecule has 0 bridgehead atoms. The smallest absolute Gasteiger partial charge is 0.330 e. The molecule has 0 aliphatic carbocycles. The van der Waals surface area contributed by atoms with Gasteiger partial charge in [-0.1, -0.05) is 29.9 Å². The Morgan fingerprint density at radius 1 is 1.00 bits per heavy atom. The van der Waals surface area contributed by atoms with Crippen LogP contribution in [0, 0.1) is 0 Å². The molecule has 0 saturated heterocycles. The molecule has 0 aromatic rings. The second kappa shape index (κ2) is 10.2. The Labute approximate surface area is 98.7 Å². The predicted octanol–water partition coefficient (Wildman–Crippen LogP) is 3.80. The van der Waals surface area contributed by atoms with Crippen LogP contribution in [0.5, 0.6) is 0 Å². The molecule has 0 spiro atoms. The monoisotopic (exact) mass is 222 g/mol. The fourth-order valence-electron chi connectivity index (χ4n) is 1.14. The highest BCUT2D eigenvalue weighted by Gasteiger charge is 1.88. The highest BCUT2D eigenvalue weighted by atomic mass is 16.5. The van der Waals surface area contributed by atoms with Gasteiger partial charge in [-0.05, 0) is 39.5 Å². The minimum absolute atomic E-state index is 0.285. The number of hydrogen-bond donors (Lipinski definition) is 0. The number of rotatable bonds is 7. The van der Waals surface area contributed by atoms with Crippen molar-refractivity contribution in [3.05, 3.63) is 36.0 Å². The second-order valence-corrected chi connectivity index (χ2v) is 3.83. The van der Waals surface area contributed by atoms with Crippen LogP contribution in [0.15, 0.2) is 36.0 Å². The van der Waals surface area contributed by atoms with Gasteiger partial charge < -0.3 is 4.74 Å². The lowest BCUT2D eigenvalue weighted by atomic mass is 10.2. The topological polar surface area (TPSA) is 26.3 Å². The van der Waals surface area contributed by atoms with Gasteiger partial charge in [0.1, 0.15) is 0 Å². The Bertz CT molecular complexity index is 268. The summed E-state index contributed by atoms with van der Waals surface area (Å²) in [7, 11) is 1.38. The van der Waals surface area contributed by atoms with Gasteiger partial charge >= 0.3 is 5.97 Å². The molecule has 0 heterocycles. The van der Waals surface area contributed by atoms with Gasteiger partial charge in [-0.15, -0.1) is 0 Å². The van der Waals surface area contributed by atoms with E-state index in [9.17, 15) is 4.79 Å². The van der Waals surface area contributed by atoms with Crippen molar-refractivity contribution in [2.24, 2.45) is 0 Å². The van der Waals surface area contributed by atoms with Crippen LogP contribution in [0.2, 0.25) is 0 Å². The van der Waals surface area contributed by atoms with E-state index in [0.717, 1.165) is 25.7 Å². The molecule has 0 radical (unpaired) electrons. The van der Waals surface area contributed by atoms with Gasteiger partial charge in [0, 0.05) is 6.08 Å². The first kappa shape index (κ1) is 14.7. The zero-order valence-corrected chi connectivity index (χ0v) is 10.5. The Morgan fingerprint density at radius 3 is 2.12 bits per heavy atom. The summed E-state index contributed by atoms with van der Waals surface area (Å²) in [6.45, 7) is 4.22. The molecule has 0 aromatic carbocycles. The summed E-state index contributed by atoms with van der Waals surface area (Å²) >= 11 is 0. The highest BCUT2D eigenvalue weighted by molar-refractivity contribution is 5.81. The zero-order valence-electron chi connectivity index (χ0n) is 10.5. The second-order valence-electron chi connectivity index (χ2n) is 3.83. The Morgan fingerprint density at radius 2 is 1.56 bits per heavy atom. The van der Waals surface area contributed by atoms with E-state index >= 15 is 0 Å².